The number of thioether (sulfide) groups is 1. The van der Waals surface area contributed by atoms with Crippen LogP contribution in [-0.2, 0) is 14.3 Å². The molecule has 6 nitrogen and oxygen atoms in total. The number of esters is 1. The number of carbonyl (C=O) groups excluding carboxylic acids is 2. The van der Waals surface area contributed by atoms with Crippen molar-refractivity contribution in [3.05, 3.63) is 0 Å². The van der Waals surface area contributed by atoms with E-state index in [2.05, 4.69) is 15.2 Å². The van der Waals surface area contributed by atoms with Gasteiger partial charge >= 0.3 is 5.97 Å². The quantitative estimate of drug-likeness (QED) is 0.275. The Bertz CT molecular complexity index is 265. The largest absolute Gasteiger partial charge is 0.465 e. The molecule has 0 aromatic heterocycles. The highest BCUT2D eigenvalue weighted by atomic mass is 32.2. The van der Waals surface area contributed by atoms with Crippen molar-refractivity contribution in [1.29, 1.82) is 0 Å². The van der Waals surface area contributed by atoms with E-state index < -0.39 is 17.1 Å². The zero-order chi connectivity index (χ0) is 9.84. The zero-order valence-electron chi connectivity index (χ0n) is 6.81. The molecule has 2 N–H and O–H groups in total. The molecule has 0 saturated carbocycles. The molecule has 1 atom stereocenters. The Morgan fingerprint density at radius 2 is 2.54 bits per heavy atom. The van der Waals surface area contributed by atoms with Crippen LogP contribution in [0.1, 0.15) is 6.92 Å². The van der Waals surface area contributed by atoms with Crippen LogP contribution in [0.15, 0.2) is 5.16 Å². The second-order valence-electron chi connectivity index (χ2n) is 2.14. The molecular formula is C6H8N2O4S. The molecule has 1 fully saturated rings. The van der Waals surface area contributed by atoms with Crippen molar-refractivity contribution in [3.8, 4) is 0 Å². The van der Waals surface area contributed by atoms with Gasteiger partial charge in [0.2, 0.25) is 5.17 Å². The third kappa shape index (κ3) is 2.11. The standard InChI is InChI=1S/C6H8N2O4S/c1-2-12-5(10)3-4(9)7-6(8-11)13-3/h3,11H,2H2,1H3,(H,7,8,9). The molecule has 0 bridgehead atoms. The number of ether oxygens (including phenoxy) is 1. The maximum absolute atomic E-state index is 11.1. The van der Waals surface area contributed by atoms with Crippen molar-refractivity contribution < 1.29 is 19.5 Å². The SMILES string of the molecule is CCOC(=O)C1SC(=NO)NC1=O. The van der Waals surface area contributed by atoms with Gasteiger partial charge in [-0.3, -0.25) is 9.59 Å². The van der Waals surface area contributed by atoms with Gasteiger partial charge < -0.3 is 15.3 Å². The van der Waals surface area contributed by atoms with Crippen LogP contribution in [0.25, 0.3) is 0 Å². The third-order valence-corrected chi connectivity index (χ3v) is 2.34. The Labute approximate surface area is 78.3 Å². The number of amidine groups is 1. The smallest absolute Gasteiger partial charge is 0.329 e. The maximum atomic E-state index is 11.1. The summed E-state index contributed by atoms with van der Waals surface area (Å²) in [6.07, 6.45) is 0. The highest BCUT2D eigenvalue weighted by Gasteiger charge is 2.37. The Morgan fingerprint density at radius 3 is 3.00 bits per heavy atom. The van der Waals surface area contributed by atoms with Gasteiger partial charge in [-0.25, -0.2) is 0 Å². The van der Waals surface area contributed by atoms with Crippen LogP contribution in [-0.4, -0.2) is 34.1 Å². The fourth-order valence-corrected chi connectivity index (χ4v) is 1.55. The van der Waals surface area contributed by atoms with Crippen molar-refractivity contribution in [2.75, 3.05) is 6.61 Å². The van der Waals surface area contributed by atoms with Gasteiger partial charge in [0.05, 0.1) is 6.61 Å². The first kappa shape index (κ1) is 9.85. The van der Waals surface area contributed by atoms with Crippen LogP contribution in [0.4, 0.5) is 0 Å². The van der Waals surface area contributed by atoms with Crippen LogP contribution in [0.2, 0.25) is 0 Å². The lowest BCUT2D eigenvalue weighted by Crippen LogP contribution is -2.31. The second kappa shape index (κ2) is 4.13. The molecule has 1 aliphatic rings. The van der Waals surface area contributed by atoms with E-state index in [1.807, 2.05) is 0 Å². The van der Waals surface area contributed by atoms with Crippen LogP contribution in [0, 0.1) is 0 Å². The van der Waals surface area contributed by atoms with E-state index >= 15 is 0 Å². The minimum Gasteiger partial charge on any atom is -0.465 e. The Morgan fingerprint density at radius 1 is 1.85 bits per heavy atom. The number of amides is 1. The average molecular weight is 204 g/mol. The number of rotatable bonds is 2. The predicted molar refractivity (Wildman–Crippen MR) is 45.4 cm³/mol. The molecule has 0 radical (unpaired) electrons. The van der Waals surface area contributed by atoms with E-state index in [4.69, 9.17) is 5.21 Å². The Balaban J connectivity index is 2.62. The first-order chi connectivity index (χ1) is 6.19. The minimum absolute atomic E-state index is 0.0167. The molecule has 0 aromatic rings. The van der Waals surface area contributed by atoms with Gasteiger partial charge in [0, 0.05) is 0 Å². The summed E-state index contributed by atoms with van der Waals surface area (Å²) in [4.78, 5) is 22.1. The van der Waals surface area contributed by atoms with Gasteiger partial charge in [0.25, 0.3) is 5.91 Å². The average Bonchev–Trinajstić information content (AvgIpc) is 2.47. The van der Waals surface area contributed by atoms with Crippen molar-refractivity contribution in [2.45, 2.75) is 12.2 Å². The Hall–Kier alpha value is -1.24. The summed E-state index contributed by atoms with van der Waals surface area (Å²) in [5.74, 6) is -1.14. The van der Waals surface area contributed by atoms with Gasteiger partial charge in [-0.15, -0.1) is 0 Å². The molecule has 7 heteroatoms. The fraction of sp³-hybridized carbons (Fsp3) is 0.500. The lowest BCUT2D eigenvalue weighted by molar-refractivity contribution is -0.144. The Kier molecular flexibility index (Phi) is 3.13. The number of hydrogen-bond acceptors (Lipinski definition) is 6. The molecule has 1 amide bonds. The van der Waals surface area contributed by atoms with Gasteiger partial charge in [-0.1, -0.05) is 16.9 Å². The molecular weight excluding hydrogens is 196 g/mol. The van der Waals surface area contributed by atoms with Gasteiger partial charge in [0.15, 0.2) is 5.25 Å². The van der Waals surface area contributed by atoms with E-state index in [-0.39, 0.29) is 11.8 Å². The van der Waals surface area contributed by atoms with E-state index in [1.54, 1.807) is 6.92 Å². The summed E-state index contributed by atoms with van der Waals surface area (Å²) in [6, 6.07) is 0. The van der Waals surface area contributed by atoms with Crippen LogP contribution < -0.4 is 5.32 Å². The van der Waals surface area contributed by atoms with Crippen molar-refractivity contribution in [2.24, 2.45) is 5.16 Å². The predicted octanol–water partition coefficient (Wildman–Crippen LogP) is -0.474. The van der Waals surface area contributed by atoms with Crippen LogP contribution >= 0.6 is 11.8 Å². The topological polar surface area (TPSA) is 88.0 Å². The van der Waals surface area contributed by atoms with E-state index in [9.17, 15) is 9.59 Å². The summed E-state index contributed by atoms with van der Waals surface area (Å²) in [6.45, 7) is 1.87. The number of nitrogens with zero attached hydrogens (tertiary/aromatic N) is 1. The van der Waals surface area contributed by atoms with E-state index in [0.29, 0.717) is 0 Å². The van der Waals surface area contributed by atoms with Gasteiger partial charge in [-0.05, 0) is 6.92 Å². The monoisotopic (exact) mass is 204 g/mol. The number of oxime groups is 1. The molecule has 1 unspecified atom stereocenters. The molecule has 1 aliphatic heterocycles. The van der Waals surface area contributed by atoms with Gasteiger partial charge in [0.1, 0.15) is 0 Å². The third-order valence-electron chi connectivity index (χ3n) is 1.29. The fourth-order valence-electron chi connectivity index (χ4n) is 0.787. The van der Waals surface area contributed by atoms with E-state index in [1.165, 1.54) is 0 Å². The van der Waals surface area contributed by atoms with Crippen molar-refractivity contribution in [3.63, 3.8) is 0 Å². The molecule has 72 valence electrons. The first-order valence-electron chi connectivity index (χ1n) is 3.55. The normalized spacial score (nSPS) is 24.5. The molecule has 1 heterocycles. The van der Waals surface area contributed by atoms with Crippen LogP contribution in [0.3, 0.4) is 0 Å². The number of nitrogens with one attached hydrogen (secondary N) is 1. The van der Waals surface area contributed by atoms with Gasteiger partial charge in [-0.2, -0.15) is 0 Å². The first-order valence-corrected chi connectivity index (χ1v) is 4.43. The number of hydrogen-bond donors (Lipinski definition) is 2. The molecule has 13 heavy (non-hydrogen) atoms. The number of carbonyl (C=O) groups is 2. The lowest BCUT2D eigenvalue weighted by Gasteiger charge is -2.03. The zero-order valence-corrected chi connectivity index (χ0v) is 7.63. The molecule has 0 spiro atoms. The van der Waals surface area contributed by atoms with Crippen molar-refractivity contribution >= 4 is 28.8 Å². The summed E-state index contributed by atoms with van der Waals surface area (Å²) in [5, 5.41) is 12.4. The van der Waals surface area contributed by atoms with Crippen LogP contribution in [0.5, 0.6) is 0 Å². The lowest BCUT2D eigenvalue weighted by atomic mass is 10.4. The minimum atomic E-state index is -0.953. The molecule has 0 aliphatic carbocycles. The highest BCUT2D eigenvalue weighted by Crippen LogP contribution is 2.19. The molecule has 1 rings (SSSR count). The summed E-state index contributed by atoms with van der Waals surface area (Å²) < 4.78 is 4.63. The second-order valence-corrected chi connectivity index (χ2v) is 3.24. The molecule has 1 saturated heterocycles. The van der Waals surface area contributed by atoms with Crippen molar-refractivity contribution in [1.82, 2.24) is 5.32 Å². The molecule has 0 aromatic carbocycles. The maximum Gasteiger partial charge on any atom is 0.329 e. The highest BCUT2D eigenvalue weighted by molar-refractivity contribution is 8.16. The summed E-state index contributed by atoms with van der Waals surface area (Å²) in [5.41, 5.74) is 0. The van der Waals surface area contributed by atoms with E-state index in [0.717, 1.165) is 11.8 Å². The summed E-state index contributed by atoms with van der Waals surface area (Å²) >= 11 is 0.832. The summed E-state index contributed by atoms with van der Waals surface area (Å²) in [7, 11) is 0.